The first-order valence-corrected chi connectivity index (χ1v) is 7.06. The van der Waals surface area contributed by atoms with Gasteiger partial charge in [0, 0.05) is 12.5 Å². The average molecular weight is 256 g/mol. The van der Waals surface area contributed by atoms with Gasteiger partial charge in [-0.15, -0.1) is 0 Å². The zero-order valence-electron chi connectivity index (χ0n) is 11.1. The lowest BCUT2D eigenvalue weighted by Gasteiger charge is -2.23. The molecule has 3 rings (SSSR count). The highest BCUT2D eigenvalue weighted by Crippen LogP contribution is 2.12. The molecule has 0 amide bonds. The predicted molar refractivity (Wildman–Crippen MR) is 74.9 cm³/mol. The number of piperidine rings is 1. The SMILES string of the molecule is c1ccc(Cn2ncnc2CC2CCCCN2)cc1. The maximum Gasteiger partial charge on any atom is 0.138 e. The Bertz CT molecular complexity index is 500. The van der Waals surface area contributed by atoms with E-state index in [1.807, 2.05) is 10.7 Å². The summed E-state index contributed by atoms with van der Waals surface area (Å²) in [4.78, 5) is 4.42. The lowest BCUT2D eigenvalue weighted by Crippen LogP contribution is -2.36. The van der Waals surface area contributed by atoms with Gasteiger partial charge in [-0.25, -0.2) is 9.67 Å². The zero-order valence-corrected chi connectivity index (χ0v) is 11.1. The lowest BCUT2D eigenvalue weighted by molar-refractivity contribution is 0.389. The van der Waals surface area contributed by atoms with Crippen LogP contribution in [0.5, 0.6) is 0 Å². The maximum absolute atomic E-state index is 4.42. The number of nitrogens with zero attached hydrogens (tertiary/aromatic N) is 3. The molecule has 1 N–H and O–H groups in total. The van der Waals surface area contributed by atoms with Crippen molar-refractivity contribution in [3.05, 3.63) is 48.0 Å². The number of hydrogen-bond donors (Lipinski definition) is 1. The molecule has 1 unspecified atom stereocenters. The van der Waals surface area contributed by atoms with Gasteiger partial charge in [-0.3, -0.25) is 0 Å². The van der Waals surface area contributed by atoms with Gasteiger partial charge in [0.25, 0.3) is 0 Å². The van der Waals surface area contributed by atoms with Crippen LogP contribution in [0.2, 0.25) is 0 Å². The minimum Gasteiger partial charge on any atom is -0.314 e. The summed E-state index contributed by atoms with van der Waals surface area (Å²) in [5, 5.41) is 7.92. The van der Waals surface area contributed by atoms with Crippen LogP contribution in [0.25, 0.3) is 0 Å². The molecule has 1 aliphatic rings. The number of hydrogen-bond acceptors (Lipinski definition) is 3. The molecule has 19 heavy (non-hydrogen) atoms. The molecule has 0 bridgehead atoms. The summed E-state index contributed by atoms with van der Waals surface area (Å²) < 4.78 is 2.02. The molecule has 1 saturated heterocycles. The van der Waals surface area contributed by atoms with Gasteiger partial charge in [-0.05, 0) is 24.9 Å². The van der Waals surface area contributed by atoms with Crippen LogP contribution in [0.1, 0.15) is 30.7 Å². The van der Waals surface area contributed by atoms with E-state index in [4.69, 9.17) is 0 Å². The van der Waals surface area contributed by atoms with Crippen molar-refractivity contribution in [3.8, 4) is 0 Å². The topological polar surface area (TPSA) is 42.7 Å². The van der Waals surface area contributed by atoms with E-state index in [-0.39, 0.29) is 0 Å². The van der Waals surface area contributed by atoms with Crippen molar-refractivity contribution < 1.29 is 0 Å². The second-order valence-electron chi connectivity index (χ2n) is 5.17. The normalized spacial score (nSPS) is 19.5. The van der Waals surface area contributed by atoms with Crippen LogP contribution in [0, 0.1) is 0 Å². The monoisotopic (exact) mass is 256 g/mol. The summed E-state index contributed by atoms with van der Waals surface area (Å²) in [7, 11) is 0. The molecular weight excluding hydrogens is 236 g/mol. The van der Waals surface area contributed by atoms with Gasteiger partial charge in [0.15, 0.2) is 0 Å². The van der Waals surface area contributed by atoms with Crippen molar-refractivity contribution in [3.63, 3.8) is 0 Å². The number of aromatic nitrogens is 3. The van der Waals surface area contributed by atoms with E-state index in [0.29, 0.717) is 6.04 Å². The van der Waals surface area contributed by atoms with Gasteiger partial charge < -0.3 is 5.32 Å². The van der Waals surface area contributed by atoms with Crippen molar-refractivity contribution in [1.82, 2.24) is 20.1 Å². The van der Waals surface area contributed by atoms with Gasteiger partial charge >= 0.3 is 0 Å². The van der Waals surface area contributed by atoms with Crippen LogP contribution in [0.15, 0.2) is 36.7 Å². The molecule has 2 aromatic rings. The Morgan fingerprint density at radius 2 is 2.11 bits per heavy atom. The summed E-state index contributed by atoms with van der Waals surface area (Å²) in [5.41, 5.74) is 1.27. The van der Waals surface area contributed by atoms with Crippen LogP contribution in [-0.2, 0) is 13.0 Å². The molecule has 1 aliphatic heterocycles. The molecule has 0 spiro atoms. The third-order valence-electron chi connectivity index (χ3n) is 3.71. The minimum atomic E-state index is 0.562. The summed E-state index contributed by atoms with van der Waals surface area (Å²) in [6, 6.07) is 11.0. The molecule has 1 fully saturated rings. The first kappa shape index (κ1) is 12.4. The average Bonchev–Trinajstić information content (AvgIpc) is 2.88. The second-order valence-corrected chi connectivity index (χ2v) is 5.17. The van der Waals surface area contributed by atoms with Gasteiger partial charge in [-0.2, -0.15) is 5.10 Å². The highest BCUT2D eigenvalue weighted by Gasteiger charge is 2.16. The lowest BCUT2D eigenvalue weighted by atomic mass is 10.0. The molecule has 2 heterocycles. The highest BCUT2D eigenvalue weighted by molar-refractivity contribution is 5.15. The van der Waals surface area contributed by atoms with E-state index in [2.05, 4.69) is 39.7 Å². The zero-order chi connectivity index (χ0) is 12.9. The summed E-state index contributed by atoms with van der Waals surface area (Å²) >= 11 is 0. The van der Waals surface area contributed by atoms with Gasteiger partial charge in [0.05, 0.1) is 6.54 Å². The van der Waals surface area contributed by atoms with Gasteiger partial charge in [0.2, 0.25) is 0 Å². The fraction of sp³-hybridized carbons (Fsp3) is 0.467. The third kappa shape index (κ3) is 3.20. The fourth-order valence-electron chi connectivity index (χ4n) is 2.65. The van der Waals surface area contributed by atoms with Crippen molar-refractivity contribution in [2.75, 3.05) is 6.54 Å². The first-order chi connectivity index (χ1) is 9.42. The Morgan fingerprint density at radius 3 is 2.89 bits per heavy atom. The molecule has 4 nitrogen and oxygen atoms in total. The second kappa shape index (κ2) is 5.97. The van der Waals surface area contributed by atoms with E-state index in [1.165, 1.54) is 24.8 Å². The molecular formula is C15H20N4. The minimum absolute atomic E-state index is 0.562. The fourth-order valence-corrected chi connectivity index (χ4v) is 2.65. The van der Waals surface area contributed by atoms with Crippen molar-refractivity contribution in [1.29, 1.82) is 0 Å². The van der Waals surface area contributed by atoms with Crippen molar-refractivity contribution in [2.24, 2.45) is 0 Å². The standard InChI is InChI=1S/C15H20N4/c1-2-6-13(7-3-1)11-19-15(17-12-18-19)10-14-8-4-5-9-16-14/h1-3,6-7,12,14,16H,4-5,8-11H2. The number of benzene rings is 1. The largest absolute Gasteiger partial charge is 0.314 e. The van der Waals surface area contributed by atoms with Crippen molar-refractivity contribution in [2.45, 2.75) is 38.3 Å². The van der Waals surface area contributed by atoms with E-state index >= 15 is 0 Å². The van der Waals surface area contributed by atoms with Crippen LogP contribution >= 0.6 is 0 Å². The Kier molecular flexibility index (Phi) is 3.89. The molecule has 1 aromatic carbocycles. The predicted octanol–water partition coefficient (Wildman–Crippen LogP) is 2.01. The number of rotatable bonds is 4. The van der Waals surface area contributed by atoms with E-state index < -0.39 is 0 Å². The quantitative estimate of drug-likeness (QED) is 0.910. The van der Waals surface area contributed by atoms with Gasteiger partial charge in [0.1, 0.15) is 12.2 Å². The Labute approximate surface area is 113 Å². The summed E-state index contributed by atoms with van der Waals surface area (Å²) in [6.07, 6.45) is 6.52. The molecule has 4 heteroatoms. The highest BCUT2D eigenvalue weighted by atomic mass is 15.3. The van der Waals surface area contributed by atoms with E-state index in [0.717, 1.165) is 25.3 Å². The Hall–Kier alpha value is -1.68. The van der Waals surface area contributed by atoms with Crippen LogP contribution in [0.4, 0.5) is 0 Å². The maximum atomic E-state index is 4.42. The summed E-state index contributed by atoms with van der Waals surface area (Å²) in [5.74, 6) is 1.09. The van der Waals surface area contributed by atoms with Crippen molar-refractivity contribution >= 4 is 0 Å². The van der Waals surface area contributed by atoms with E-state index in [9.17, 15) is 0 Å². The Balaban J connectivity index is 1.68. The smallest absolute Gasteiger partial charge is 0.138 e. The molecule has 0 radical (unpaired) electrons. The molecule has 1 atom stereocenters. The summed E-state index contributed by atoms with van der Waals surface area (Å²) in [6.45, 7) is 1.94. The third-order valence-corrected chi connectivity index (χ3v) is 3.71. The molecule has 100 valence electrons. The van der Waals surface area contributed by atoms with Crippen LogP contribution < -0.4 is 5.32 Å². The molecule has 0 saturated carbocycles. The van der Waals surface area contributed by atoms with Crippen LogP contribution in [-0.4, -0.2) is 27.4 Å². The molecule has 1 aromatic heterocycles. The molecule has 0 aliphatic carbocycles. The Morgan fingerprint density at radius 1 is 1.21 bits per heavy atom. The number of nitrogens with one attached hydrogen (secondary N) is 1. The van der Waals surface area contributed by atoms with Gasteiger partial charge in [-0.1, -0.05) is 36.8 Å². The first-order valence-electron chi connectivity index (χ1n) is 7.06. The van der Waals surface area contributed by atoms with E-state index in [1.54, 1.807) is 6.33 Å². The van der Waals surface area contributed by atoms with Crippen LogP contribution in [0.3, 0.4) is 0 Å².